The van der Waals surface area contributed by atoms with E-state index in [1.807, 2.05) is 37.4 Å². The summed E-state index contributed by atoms with van der Waals surface area (Å²) in [7, 11) is 0. The van der Waals surface area contributed by atoms with Crippen LogP contribution in [0.4, 0.5) is 11.6 Å². The monoisotopic (exact) mass is 540 g/mol. The zero-order valence-electron chi connectivity index (χ0n) is 18.9. The van der Waals surface area contributed by atoms with Crippen molar-refractivity contribution >= 4 is 49.5 Å². The standard InChI is InChI=1S/C24H25BrN6O4/c1-2-11-9-31(22-17(11)21(27)28-10-29-22)23-18(32)24(33)6-5-16(19(24)35-23)34-13-4-3-12-7-14(25)20(26)30-15(12)8-13/h3-4,7-10,16,18-19,23,32-33H,2,5-6H2,1H3,(H2,26,30)(H2,27,28,29)/t16-,18-,19+,23+,24-/m0/s1. The van der Waals surface area contributed by atoms with Crippen molar-refractivity contribution in [2.75, 3.05) is 11.5 Å². The zero-order chi connectivity index (χ0) is 24.5. The average molecular weight is 541 g/mol. The van der Waals surface area contributed by atoms with Crippen LogP contribution in [0.15, 0.2) is 41.3 Å². The Labute approximate surface area is 209 Å². The fourth-order valence-electron chi connectivity index (χ4n) is 5.35. The van der Waals surface area contributed by atoms with E-state index in [2.05, 4.69) is 30.9 Å². The fourth-order valence-corrected chi connectivity index (χ4v) is 5.69. The number of pyridine rings is 1. The second kappa shape index (κ2) is 8.02. The van der Waals surface area contributed by atoms with Crippen LogP contribution >= 0.6 is 15.9 Å². The number of hydrogen-bond donors (Lipinski definition) is 4. The maximum atomic E-state index is 11.4. The zero-order valence-corrected chi connectivity index (χ0v) is 20.5. The first-order valence-electron chi connectivity index (χ1n) is 11.5. The Bertz CT molecular complexity index is 1460. The van der Waals surface area contributed by atoms with Gasteiger partial charge in [-0.05, 0) is 59.0 Å². The lowest BCUT2D eigenvalue weighted by Gasteiger charge is -2.26. The number of benzene rings is 1. The van der Waals surface area contributed by atoms with E-state index in [1.54, 1.807) is 4.57 Å². The number of aryl methyl sites for hydroxylation is 1. The highest BCUT2D eigenvalue weighted by molar-refractivity contribution is 9.10. The molecule has 5 atom stereocenters. The first-order chi connectivity index (χ1) is 16.8. The number of halogens is 1. The van der Waals surface area contributed by atoms with E-state index in [4.69, 9.17) is 20.9 Å². The van der Waals surface area contributed by atoms with Crippen LogP contribution in [-0.2, 0) is 11.2 Å². The molecule has 6 rings (SSSR count). The normalized spacial score (nSPS) is 28.1. The Hall–Kier alpha value is -2.99. The molecule has 10 nitrogen and oxygen atoms in total. The van der Waals surface area contributed by atoms with Gasteiger partial charge in [0.2, 0.25) is 0 Å². The van der Waals surface area contributed by atoms with Gasteiger partial charge in [0.25, 0.3) is 0 Å². The largest absolute Gasteiger partial charge is 0.488 e. The van der Waals surface area contributed by atoms with Gasteiger partial charge in [-0.1, -0.05) is 6.92 Å². The summed E-state index contributed by atoms with van der Waals surface area (Å²) in [5.74, 6) is 1.35. The number of aromatic nitrogens is 4. The van der Waals surface area contributed by atoms with Gasteiger partial charge >= 0.3 is 0 Å². The molecule has 11 heteroatoms. The van der Waals surface area contributed by atoms with Crippen molar-refractivity contribution in [3.63, 3.8) is 0 Å². The van der Waals surface area contributed by atoms with E-state index in [0.717, 1.165) is 20.8 Å². The van der Waals surface area contributed by atoms with E-state index in [1.165, 1.54) is 6.33 Å². The SMILES string of the molecule is CCc1cn([C@@H]2O[C@@H]3[C@@H](Oc4ccc5cc(Br)c(N)nc5c4)CC[C@]3(O)[C@H]2O)c2ncnc(N)c12. The van der Waals surface area contributed by atoms with Gasteiger partial charge in [0.05, 0.1) is 15.4 Å². The summed E-state index contributed by atoms with van der Waals surface area (Å²) in [5.41, 5.74) is 12.8. The van der Waals surface area contributed by atoms with Crippen LogP contribution in [0.3, 0.4) is 0 Å². The van der Waals surface area contributed by atoms with Gasteiger partial charge in [-0.25, -0.2) is 15.0 Å². The molecule has 2 fully saturated rings. The van der Waals surface area contributed by atoms with Crippen LogP contribution in [0, 0.1) is 0 Å². The smallest absolute Gasteiger partial charge is 0.164 e. The molecular formula is C24H25BrN6O4. The minimum atomic E-state index is -1.46. The van der Waals surface area contributed by atoms with Crippen molar-refractivity contribution in [2.45, 2.75) is 56.3 Å². The molecule has 1 aromatic carbocycles. The highest BCUT2D eigenvalue weighted by Crippen LogP contribution is 2.49. The van der Waals surface area contributed by atoms with E-state index in [0.29, 0.717) is 47.8 Å². The van der Waals surface area contributed by atoms with Crippen molar-refractivity contribution in [1.82, 2.24) is 19.5 Å². The van der Waals surface area contributed by atoms with Gasteiger partial charge < -0.3 is 35.7 Å². The van der Waals surface area contributed by atoms with Gasteiger partial charge in [0, 0.05) is 17.6 Å². The van der Waals surface area contributed by atoms with Gasteiger partial charge in [0.1, 0.15) is 53.3 Å². The van der Waals surface area contributed by atoms with E-state index in [9.17, 15) is 10.2 Å². The summed E-state index contributed by atoms with van der Waals surface area (Å²) < 4.78 is 15.0. The molecule has 0 amide bonds. The Morgan fingerprint density at radius 1 is 1.26 bits per heavy atom. The number of anilines is 2. The summed E-state index contributed by atoms with van der Waals surface area (Å²) in [5, 5.41) is 24.3. The minimum Gasteiger partial charge on any atom is -0.488 e. The second-order valence-electron chi connectivity index (χ2n) is 9.16. The number of nitrogens with two attached hydrogens (primary N) is 2. The maximum absolute atomic E-state index is 11.4. The molecule has 1 saturated heterocycles. The van der Waals surface area contributed by atoms with Crippen LogP contribution in [0.5, 0.6) is 5.75 Å². The van der Waals surface area contributed by atoms with Crippen molar-refractivity contribution in [3.8, 4) is 5.75 Å². The van der Waals surface area contributed by atoms with Gasteiger partial charge in [-0.2, -0.15) is 0 Å². The molecule has 2 aliphatic rings. The summed E-state index contributed by atoms with van der Waals surface area (Å²) in [6.07, 6.45) is 1.61. The summed E-state index contributed by atoms with van der Waals surface area (Å²) in [4.78, 5) is 12.9. The molecule has 4 aromatic rings. The first kappa shape index (κ1) is 22.5. The van der Waals surface area contributed by atoms with Crippen LogP contribution in [0.25, 0.3) is 21.9 Å². The topological polar surface area (TPSA) is 155 Å². The molecule has 1 aliphatic heterocycles. The maximum Gasteiger partial charge on any atom is 0.164 e. The minimum absolute atomic E-state index is 0.336. The predicted molar refractivity (Wildman–Crippen MR) is 134 cm³/mol. The number of rotatable bonds is 4. The third-order valence-corrected chi connectivity index (χ3v) is 7.79. The Balaban J connectivity index is 1.31. The average Bonchev–Trinajstić information content (AvgIpc) is 3.45. The quantitative estimate of drug-likeness (QED) is 0.305. The molecule has 0 radical (unpaired) electrons. The molecular weight excluding hydrogens is 516 g/mol. The molecule has 4 heterocycles. The van der Waals surface area contributed by atoms with Gasteiger partial charge in [0.15, 0.2) is 6.23 Å². The fraction of sp³-hybridized carbons (Fsp3) is 0.375. The highest BCUT2D eigenvalue weighted by Gasteiger charge is 2.62. The van der Waals surface area contributed by atoms with Gasteiger partial charge in [-0.15, -0.1) is 0 Å². The Morgan fingerprint density at radius 3 is 2.89 bits per heavy atom. The number of fused-ring (bicyclic) bond motifs is 3. The van der Waals surface area contributed by atoms with Crippen LogP contribution in [-0.4, -0.2) is 53.6 Å². The molecule has 1 saturated carbocycles. The predicted octanol–water partition coefficient (Wildman–Crippen LogP) is 2.70. The molecule has 6 N–H and O–H groups in total. The molecule has 35 heavy (non-hydrogen) atoms. The van der Waals surface area contributed by atoms with Gasteiger partial charge in [-0.3, -0.25) is 0 Å². The Kier molecular flexibility index (Phi) is 5.15. The lowest BCUT2D eigenvalue weighted by atomic mass is 9.94. The molecule has 0 unspecified atom stereocenters. The summed E-state index contributed by atoms with van der Waals surface area (Å²) >= 11 is 3.39. The molecule has 182 valence electrons. The number of aliphatic hydroxyl groups excluding tert-OH is 1. The van der Waals surface area contributed by atoms with Crippen molar-refractivity contribution in [2.24, 2.45) is 0 Å². The molecule has 1 aliphatic carbocycles. The Morgan fingerprint density at radius 2 is 2.09 bits per heavy atom. The summed E-state index contributed by atoms with van der Waals surface area (Å²) in [6, 6.07) is 7.46. The van der Waals surface area contributed by atoms with Crippen molar-refractivity contribution in [1.29, 1.82) is 0 Å². The number of nitrogens with zero attached hydrogens (tertiary/aromatic N) is 4. The van der Waals surface area contributed by atoms with Crippen LogP contribution < -0.4 is 16.2 Å². The lowest BCUT2D eigenvalue weighted by molar-refractivity contribution is -0.0791. The van der Waals surface area contributed by atoms with Crippen LogP contribution in [0.1, 0.15) is 31.6 Å². The summed E-state index contributed by atoms with van der Waals surface area (Å²) in [6.45, 7) is 2.01. The highest BCUT2D eigenvalue weighted by atomic mass is 79.9. The molecule has 0 spiro atoms. The van der Waals surface area contributed by atoms with E-state index < -0.39 is 30.1 Å². The van der Waals surface area contributed by atoms with E-state index >= 15 is 0 Å². The number of aliphatic hydroxyl groups is 2. The van der Waals surface area contributed by atoms with E-state index in [-0.39, 0.29) is 0 Å². The number of nitrogen functional groups attached to an aromatic ring is 2. The molecule has 0 bridgehead atoms. The third kappa shape index (κ3) is 3.37. The molecule has 3 aromatic heterocycles. The second-order valence-corrected chi connectivity index (χ2v) is 10.0. The number of ether oxygens (including phenoxy) is 2. The van der Waals surface area contributed by atoms with Crippen LogP contribution in [0.2, 0.25) is 0 Å². The number of hydrogen-bond acceptors (Lipinski definition) is 9. The third-order valence-electron chi connectivity index (χ3n) is 7.16. The van der Waals surface area contributed by atoms with Crippen molar-refractivity contribution in [3.05, 3.63) is 46.8 Å². The van der Waals surface area contributed by atoms with Crippen molar-refractivity contribution < 1.29 is 19.7 Å². The lowest BCUT2D eigenvalue weighted by Crippen LogP contribution is -2.47. The first-order valence-corrected chi connectivity index (χ1v) is 12.3.